The highest BCUT2D eigenvalue weighted by molar-refractivity contribution is 7.88. The van der Waals surface area contributed by atoms with E-state index in [1.54, 1.807) is 0 Å². The first-order valence-corrected chi connectivity index (χ1v) is 16.3. The van der Waals surface area contributed by atoms with Crippen LogP contribution in [0.5, 0.6) is 11.5 Å². The minimum absolute atomic E-state index is 0.0388. The van der Waals surface area contributed by atoms with Crippen LogP contribution in [0.2, 0.25) is 16.6 Å². The molecular weight excluding hydrogens is 597 g/mol. The third-order valence-electron chi connectivity index (χ3n) is 6.25. The van der Waals surface area contributed by atoms with Gasteiger partial charge in [0.1, 0.15) is 19.6 Å². The lowest BCUT2D eigenvalue weighted by molar-refractivity contribution is -0.0502. The zero-order chi connectivity index (χ0) is 30.4. The van der Waals surface area contributed by atoms with Crippen molar-refractivity contribution < 1.29 is 55.9 Å². The van der Waals surface area contributed by atoms with Gasteiger partial charge >= 0.3 is 31.3 Å². The van der Waals surface area contributed by atoms with Gasteiger partial charge in [-0.25, -0.2) is 4.39 Å². The molecule has 0 saturated heterocycles. The van der Waals surface area contributed by atoms with Crippen molar-refractivity contribution in [2.75, 3.05) is 0 Å². The normalized spacial score (nSPS) is 13.6. The Kier molecular flexibility index (Phi) is 9.06. The molecule has 0 aliphatic heterocycles. The van der Waals surface area contributed by atoms with E-state index in [0.29, 0.717) is 6.07 Å². The van der Waals surface area contributed by atoms with E-state index in [9.17, 15) is 43.2 Å². The summed E-state index contributed by atoms with van der Waals surface area (Å²) in [6.45, 7) is 11.6. The van der Waals surface area contributed by atoms with Crippen LogP contribution in [0.25, 0.3) is 10.8 Å². The summed E-state index contributed by atoms with van der Waals surface area (Å²) in [5.41, 5.74) is -9.24. The molecule has 2 aromatic carbocycles. The van der Waals surface area contributed by atoms with Crippen molar-refractivity contribution >= 4 is 39.1 Å². The van der Waals surface area contributed by atoms with Gasteiger partial charge in [0.05, 0.1) is 5.56 Å². The lowest BCUT2D eigenvalue weighted by Gasteiger charge is -2.38. The molecule has 218 valence electrons. The first-order chi connectivity index (χ1) is 17.5. The molecule has 0 spiro atoms. The van der Waals surface area contributed by atoms with Gasteiger partial charge in [0.25, 0.3) is 0 Å². The Labute approximate surface area is 222 Å². The molecule has 0 fully saturated rings. The molecule has 0 saturated carbocycles. The van der Waals surface area contributed by atoms with Gasteiger partial charge in [-0.15, -0.1) is 5.54 Å². The average Bonchev–Trinajstić information content (AvgIpc) is 2.72. The molecule has 0 bridgehead atoms. The first kappa shape index (κ1) is 32.7. The molecule has 0 aromatic heterocycles. The molecule has 0 heterocycles. The van der Waals surface area contributed by atoms with Gasteiger partial charge < -0.3 is 8.37 Å². The van der Waals surface area contributed by atoms with E-state index in [1.165, 1.54) is 0 Å². The monoisotopic (exact) mass is 622 g/mol. The molecule has 2 rings (SSSR count). The molecule has 6 nitrogen and oxygen atoms in total. The third kappa shape index (κ3) is 6.46. The molecule has 2 aromatic rings. The average molecular weight is 623 g/mol. The highest BCUT2D eigenvalue weighted by Gasteiger charge is 2.50. The van der Waals surface area contributed by atoms with E-state index in [-0.39, 0.29) is 22.7 Å². The SMILES string of the molecule is CC(C)[Si](C#Cc1c(F)ccc2cc(OS(=O)(=O)C(F)(F)F)cc(OS(=O)(=O)C(F)(F)F)c12)(C(C)C)C(C)C. The highest BCUT2D eigenvalue weighted by atomic mass is 32.2. The second-order valence-electron chi connectivity index (χ2n) is 9.56. The van der Waals surface area contributed by atoms with Gasteiger partial charge in [-0.3, -0.25) is 0 Å². The van der Waals surface area contributed by atoms with Crippen molar-refractivity contribution in [3.8, 4) is 23.0 Å². The Balaban J connectivity index is 3.00. The fourth-order valence-electron chi connectivity index (χ4n) is 4.55. The molecule has 0 aliphatic rings. The zero-order valence-corrected chi connectivity index (χ0v) is 24.1. The molecule has 16 heteroatoms. The van der Waals surface area contributed by atoms with Crippen molar-refractivity contribution in [2.45, 2.75) is 69.2 Å². The highest BCUT2D eigenvalue weighted by Crippen LogP contribution is 2.42. The smallest absolute Gasteiger partial charge is 0.376 e. The lowest BCUT2D eigenvalue weighted by atomic mass is 10.0. The third-order valence-corrected chi connectivity index (χ3v) is 14.5. The van der Waals surface area contributed by atoms with Crippen molar-refractivity contribution in [3.63, 3.8) is 0 Å². The summed E-state index contributed by atoms with van der Waals surface area (Å²) in [5.74, 6) is -1.000. The van der Waals surface area contributed by atoms with Crippen LogP contribution in [0.3, 0.4) is 0 Å². The fourth-order valence-corrected chi connectivity index (χ4v) is 10.7. The molecule has 0 unspecified atom stereocenters. The number of hydrogen-bond donors (Lipinski definition) is 0. The van der Waals surface area contributed by atoms with Gasteiger partial charge in [-0.1, -0.05) is 53.5 Å². The molecule has 39 heavy (non-hydrogen) atoms. The fraction of sp³-hybridized carbons (Fsp3) is 0.478. The number of fused-ring (bicyclic) bond motifs is 1. The van der Waals surface area contributed by atoms with Crippen molar-refractivity contribution in [1.29, 1.82) is 0 Å². The van der Waals surface area contributed by atoms with Crippen LogP contribution in [0.15, 0.2) is 24.3 Å². The predicted molar refractivity (Wildman–Crippen MR) is 133 cm³/mol. The van der Waals surface area contributed by atoms with Gasteiger partial charge in [0.15, 0.2) is 5.75 Å². The maximum atomic E-state index is 15.1. The van der Waals surface area contributed by atoms with Crippen LogP contribution in [0.1, 0.15) is 47.1 Å². The summed E-state index contributed by atoms with van der Waals surface area (Å²) in [4.78, 5) is 0. The zero-order valence-electron chi connectivity index (χ0n) is 21.5. The molecule has 0 amide bonds. The standard InChI is InChI=1S/C23H25F7O6S2Si/c1-13(2)39(14(3)4,15(5)6)10-9-18-19(24)8-7-16-11-17(35-37(31,32)22(25,26)27)12-20(21(16)18)36-38(33,34)23(28,29)30/h7-8,11-15H,1-6H3. The van der Waals surface area contributed by atoms with Gasteiger partial charge in [0, 0.05) is 11.5 Å². The van der Waals surface area contributed by atoms with E-state index >= 15 is 4.39 Å². The van der Waals surface area contributed by atoms with Crippen LogP contribution in [0.4, 0.5) is 30.7 Å². The maximum absolute atomic E-state index is 15.1. The summed E-state index contributed by atoms with van der Waals surface area (Å²) in [7, 11) is -15.3. The number of halogens is 7. The summed E-state index contributed by atoms with van der Waals surface area (Å²) in [6, 6.07) is 2.49. The van der Waals surface area contributed by atoms with E-state index in [4.69, 9.17) is 0 Å². The molecule has 0 atom stereocenters. The minimum atomic E-state index is -6.43. The predicted octanol–water partition coefficient (Wildman–Crippen LogP) is 7.01. The molecule has 0 N–H and O–H groups in total. The molecular formula is C23H25F7O6S2Si. The summed E-state index contributed by atoms with van der Waals surface area (Å²) < 4.78 is 148. The number of rotatable bonds is 7. The molecule has 0 aliphatic carbocycles. The van der Waals surface area contributed by atoms with E-state index < -0.39 is 73.0 Å². The topological polar surface area (TPSA) is 86.7 Å². The van der Waals surface area contributed by atoms with Crippen LogP contribution in [0, 0.1) is 17.3 Å². The number of hydrogen-bond acceptors (Lipinski definition) is 6. The van der Waals surface area contributed by atoms with E-state index in [1.807, 2.05) is 41.5 Å². The lowest BCUT2D eigenvalue weighted by Crippen LogP contribution is -2.43. The van der Waals surface area contributed by atoms with Crippen LogP contribution >= 0.6 is 0 Å². The molecule has 0 radical (unpaired) electrons. The second-order valence-corrected chi connectivity index (χ2v) is 18.2. The summed E-state index contributed by atoms with van der Waals surface area (Å²) in [5, 5.41) is -1.03. The summed E-state index contributed by atoms with van der Waals surface area (Å²) >= 11 is 0. The Morgan fingerprint density at radius 1 is 0.769 bits per heavy atom. The van der Waals surface area contributed by atoms with E-state index in [0.717, 1.165) is 12.1 Å². The van der Waals surface area contributed by atoms with Gasteiger partial charge in [0.2, 0.25) is 0 Å². The van der Waals surface area contributed by atoms with Crippen molar-refractivity contribution in [1.82, 2.24) is 0 Å². The number of benzene rings is 2. The van der Waals surface area contributed by atoms with Crippen LogP contribution < -0.4 is 8.37 Å². The Morgan fingerprint density at radius 3 is 1.67 bits per heavy atom. The van der Waals surface area contributed by atoms with Crippen LogP contribution in [-0.4, -0.2) is 35.9 Å². The maximum Gasteiger partial charge on any atom is 0.534 e. The van der Waals surface area contributed by atoms with Crippen molar-refractivity contribution in [2.24, 2.45) is 0 Å². The van der Waals surface area contributed by atoms with Crippen molar-refractivity contribution in [3.05, 3.63) is 35.6 Å². The largest absolute Gasteiger partial charge is 0.534 e. The summed E-state index contributed by atoms with van der Waals surface area (Å²) in [6.07, 6.45) is 0. The minimum Gasteiger partial charge on any atom is -0.376 e. The van der Waals surface area contributed by atoms with Crippen LogP contribution in [-0.2, 0) is 20.2 Å². The second kappa shape index (κ2) is 10.8. The van der Waals surface area contributed by atoms with Gasteiger partial charge in [-0.05, 0) is 34.1 Å². The quantitative estimate of drug-likeness (QED) is 0.109. The Bertz CT molecular complexity index is 1500. The van der Waals surface area contributed by atoms with E-state index in [2.05, 4.69) is 19.8 Å². The Morgan fingerprint density at radius 2 is 1.23 bits per heavy atom. The van der Waals surface area contributed by atoms with Gasteiger partial charge in [-0.2, -0.15) is 43.2 Å². The Hall–Kier alpha value is -2.51. The first-order valence-electron chi connectivity index (χ1n) is 11.3. The number of alkyl halides is 6.